The highest BCUT2D eigenvalue weighted by Crippen LogP contribution is 2.32. The van der Waals surface area contributed by atoms with Crippen LogP contribution < -0.4 is 5.73 Å². The van der Waals surface area contributed by atoms with Gasteiger partial charge in [-0.15, -0.1) is 0 Å². The van der Waals surface area contributed by atoms with Crippen LogP contribution in [0.25, 0.3) is 0 Å². The average Bonchev–Trinajstić information content (AvgIpc) is 2.65. The molecule has 1 aliphatic rings. The van der Waals surface area contributed by atoms with Crippen LogP contribution in [0, 0.1) is 6.92 Å². The molecule has 1 amide bonds. The summed E-state index contributed by atoms with van der Waals surface area (Å²) in [4.78, 5) is 13.2. The van der Waals surface area contributed by atoms with Crippen LogP contribution in [-0.4, -0.2) is 45.4 Å². The van der Waals surface area contributed by atoms with Crippen LogP contribution in [0.5, 0.6) is 0 Å². The standard InChI is InChI=1S/C12H17F3N4O/c1-7-5-9(18(2)17-7)11(20)19-6-8(16)3-4-10(19)12(13,14)15/h5,8,10H,3-4,6,16H2,1-2H3. The van der Waals surface area contributed by atoms with E-state index in [2.05, 4.69) is 5.10 Å². The van der Waals surface area contributed by atoms with Gasteiger partial charge in [-0.05, 0) is 25.8 Å². The average molecular weight is 290 g/mol. The molecule has 1 aromatic heterocycles. The minimum Gasteiger partial charge on any atom is -0.326 e. The lowest BCUT2D eigenvalue weighted by molar-refractivity contribution is -0.184. The minimum atomic E-state index is -4.44. The van der Waals surface area contributed by atoms with Gasteiger partial charge >= 0.3 is 6.18 Å². The first-order valence-electron chi connectivity index (χ1n) is 6.34. The Labute approximate surface area is 114 Å². The summed E-state index contributed by atoms with van der Waals surface area (Å²) in [6, 6.07) is -0.715. The minimum absolute atomic E-state index is 0.0900. The van der Waals surface area contributed by atoms with Crippen molar-refractivity contribution in [1.82, 2.24) is 14.7 Å². The molecule has 1 fully saturated rings. The van der Waals surface area contributed by atoms with Crippen LogP contribution in [0.2, 0.25) is 0 Å². The normalized spacial score (nSPS) is 24.0. The van der Waals surface area contributed by atoms with Gasteiger partial charge in [0.1, 0.15) is 11.7 Å². The number of aryl methyl sites for hydroxylation is 2. The Balaban J connectivity index is 2.31. The Morgan fingerprint density at radius 3 is 2.60 bits per heavy atom. The largest absolute Gasteiger partial charge is 0.408 e. The van der Waals surface area contributed by atoms with E-state index in [1.54, 1.807) is 6.92 Å². The summed E-state index contributed by atoms with van der Waals surface area (Å²) >= 11 is 0. The van der Waals surface area contributed by atoms with Crippen LogP contribution in [0.1, 0.15) is 29.0 Å². The smallest absolute Gasteiger partial charge is 0.326 e. The van der Waals surface area contributed by atoms with Gasteiger partial charge in [0.2, 0.25) is 0 Å². The molecule has 2 rings (SSSR count). The molecule has 0 radical (unpaired) electrons. The Kier molecular flexibility index (Phi) is 3.77. The Morgan fingerprint density at radius 2 is 2.10 bits per heavy atom. The lowest BCUT2D eigenvalue weighted by atomic mass is 9.98. The molecule has 2 heterocycles. The number of amides is 1. The van der Waals surface area contributed by atoms with E-state index in [1.165, 1.54) is 17.8 Å². The van der Waals surface area contributed by atoms with E-state index in [0.717, 1.165) is 4.90 Å². The second-order valence-electron chi connectivity index (χ2n) is 5.15. The summed E-state index contributed by atoms with van der Waals surface area (Å²) in [5.74, 6) is -0.675. The number of hydrogen-bond acceptors (Lipinski definition) is 3. The molecule has 0 spiro atoms. The summed E-state index contributed by atoms with van der Waals surface area (Å²) < 4.78 is 40.4. The first-order chi connectivity index (χ1) is 9.20. The zero-order valence-electron chi connectivity index (χ0n) is 11.3. The molecule has 5 nitrogen and oxygen atoms in total. The molecule has 2 unspecified atom stereocenters. The number of alkyl halides is 3. The zero-order valence-corrected chi connectivity index (χ0v) is 11.3. The highest BCUT2D eigenvalue weighted by Gasteiger charge is 2.48. The van der Waals surface area contributed by atoms with Crippen molar-refractivity contribution in [3.63, 3.8) is 0 Å². The van der Waals surface area contributed by atoms with E-state index in [-0.39, 0.29) is 25.1 Å². The maximum absolute atomic E-state index is 13.0. The zero-order chi connectivity index (χ0) is 15.1. The molecule has 2 atom stereocenters. The third-order valence-corrected chi connectivity index (χ3v) is 3.48. The van der Waals surface area contributed by atoms with Crippen LogP contribution >= 0.6 is 0 Å². The molecule has 1 aliphatic heterocycles. The van der Waals surface area contributed by atoms with Crippen molar-refractivity contribution in [2.75, 3.05) is 6.54 Å². The lowest BCUT2D eigenvalue weighted by Crippen LogP contribution is -2.56. The number of likely N-dealkylation sites (tertiary alicyclic amines) is 1. The SMILES string of the molecule is Cc1cc(C(=O)N2CC(N)CCC2C(F)(F)F)n(C)n1. The van der Waals surface area contributed by atoms with Gasteiger partial charge < -0.3 is 10.6 Å². The van der Waals surface area contributed by atoms with Gasteiger partial charge in [0.15, 0.2) is 0 Å². The van der Waals surface area contributed by atoms with Crippen molar-refractivity contribution in [2.45, 2.75) is 38.0 Å². The fourth-order valence-electron chi connectivity index (χ4n) is 2.52. The third kappa shape index (κ3) is 2.79. The topological polar surface area (TPSA) is 64.2 Å². The molecular weight excluding hydrogens is 273 g/mol. The molecule has 20 heavy (non-hydrogen) atoms. The molecule has 0 bridgehead atoms. The summed E-state index contributed by atoms with van der Waals surface area (Å²) in [5.41, 5.74) is 6.43. The van der Waals surface area contributed by atoms with Crippen molar-refractivity contribution >= 4 is 5.91 Å². The van der Waals surface area contributed by atoms with E-state index in [1.807, 2.05) is 0 Å². The number of carbonyl (C=O) groups excluding carboxylic acids is 1. The maximum Gasteiger partial charge on any atom is 0.408 e. The van der Waals surface area contributed by atoms with Crippen LogP contribution in [-0.2, 0) is 7.05 Å². The van der Waals surface area contributed by atoms with Crippen molar-refractivity contribution in [2.24, 2.45) is 12.8 Å². The number of nitrogens with two attached hydrogens (primary N) is 1. The van der Waals surface area contributed by atoms with Crippen molar-refractivity contribution in [1.29, 1.82) is 0 Å². The van der Waals surface area contributed by atoms with Gasteiger partial charge in [0.25, 0.3) is 5.91 Å². The molecule has 1 saturated heterocycles. The van der Waals surface area contributed by atoms with Gasteiger partial charge in [-0.3, -0.25) is 9.48 Å². The predicted octanol–water partition coefficient (Wildman–Crippen LogP) is 1.22. The van der Waals surface area contributed by atoms with Crippen LogP contribution in [0.4, 0.5) is 13.2 Å². The number of nitrogens with zero attached hydrogens (tertiary/aromatic N) is 3. The maximum atomic E-state index is 13.0. The molecule has 112 valence electrons. The van der Waals surface area contributed by atoms with Crippen molar-refractivity contribution < 1.29 is 18.0 Å². The number of piperidine rings is 1. The fraction of sp³-hybridized carbons (Fsp3) is 0.667. The number of rotatable bonds is 1. The second kappa shape index (κ2) is 5.08. The first-order valence-corrected chi connectivity index (χ1v) is 6.34. The van der Waals surface area contributed by atoms with Crippen molar-refractivity contribution in [3.8, 4) is 0 Å². The van der Waals surface area contributed by atoms with Gasteiger partial charge in [-0.1, -0.05) is 0 Å². The van der Waals surface area contributed by atoms with Gasteiger partial charge in [0.05, 0.1) is 5.69 Å². The molecular formula is C12H17F3N4O. The van der Waals surface area contributed by atoms with Gasteiger partial charge in [0, 0.05) is 19.6 Å². The second-order valence-corrected chi connectivity index (χ2v) is 5.15. The summed E-state index contributed by atoms with van der Waals surface area (Å²) in [6.07, 6.45) is -4.34. The first kappa shape index (κ1) is 14.8. The number of carbonyl (C=O) groups is 1. The highest BCUT2D eigenvalue weighted by atomic mass is 19.4. The predicted molar refractivity (Wildman–Crippen MR) is 66.0 cm³/mol. The summed E-state index contributed by atoms with van der Waals surface area (Å²) in [6.45, 7) is 1.59. The quantitative estimate of drug-likeness (QED) is 0.846. The molecule has 2 N–H and O–H groups in total. The fourth-order valence-corrected chi connectivity index (χ4v) is 2.52. The van der Waals surface area contributed by atoms with Gasteiger partial charge in [-0.2, -0.15) is 18.3 Å². The molecule has 0 aromatic carbocycles. The number of aromatic nitrogens is 2. The third-order valence-electron chi connectivity index (χ3n) is 3.48. The van der Waals surface area contributed by atoms with Crippen LogP contribution in [0.3, 0.4) is 0 Å². The van der Waals surface area contributed by atoms with E-state index in [9.17, 15) is 18.0 Å². The van der Waals surface area contributed by atoms with Crippen LogP contribution in [0.15, 0.2) is 6.07 Å². The molecule has 8 heteroatoms. The summed E-state index contributed by atoms with van der Waals surface area (Å²) in [7, 11) is 1.53. The van der Waals surface area contributed by atoms with Crippen molar-refractivity contribution in [3.05, 3.63) is 17.5 Å². The Hall–Kier alpha value is -1.57. The number of hydrogen-bond donors (Lipinski definition) is 1. The molecule has 0 saturated carbocycles. The number of halogens is 3. The van der Waals surface area contributed by atoms with E-state index < -0.39 is 24.2 Å². The highest BCUT2D eigenvalue weighted by molar-refractivity contribution is 5.93. The van der Waals surface area contributed by atoms with E-state index in [0.29, 0.717) is 5.69 Å². The van der Waals surface area contributed by atoms with Gasteiger partial charge in [-0.25, -0.2) is 0 Å². The lowest BCUT2D eigenvalue weighted by Gasteiger charge is -2.39. The monoisotopic (exact) mass is 290 g/mol. The van der Waals surface area contributed by atoms with E-state index in [4.69, 9.17) is 5.73 Å². The Bertz CT molecular complexity index is 511. The molecule has 1 aromatic rings. The van der Waals surface area contributed by atoms with E-state index >= 15 is 0 Å². The summed E-state index contributed by atoms with van der Waals surface area (Å²) in [5, 5.41) is 3.99. The Morgan fingerprint density at radius 1 is 1.45 bits per heavy atom. The molecule has 0 aliphatic carbocycles.